The average Bonchev–Trinajstić information content (AvgIpc) is 2.32. The van der Waals surface area contributed by atoms with E-state index in [2.05, 4.69) is 25.1 Å². The third-order valence-electron chi connectivity index (χ3n) is 2.89. The molecule has 2 aromatic rings. The molecule has 0 radical (unpaired) electrons. The Balaban J connectivity index is 2.16. The van der Waals surface area contributed by atoms with Crippen molar-refractivity contribution in [3.8, 4) is 0 Å². The van der Waals surface area contributed by atoms with Crippen LogP contribution in [0.5, 0.6) is 0 Å². The zero-order chi connectivity index (χ0) is 13.8. The molecule has 0 saturated heterocycles. The highest BCUT2D eigenvalue weighted by atomic mass is 32.2. The Morgan fingerprint density at radius 1 is 1.16 bits per heavy atom. The minimum atomic E-state index is -0.199. The Morgan fingerprint density at radius 2 is 1.89 bits per heavy atom. The predicted molar refractivity (Wildman–Crippen MR) is 79.1 cm³/mol. The molecule has 0 aliphatic rings. The maximum Gasteiger partial charge on any atom is 0.124 e. The molecule has 0 aliphatic heterocycles. The van der Waals surface area contributed by atoms with Crippen molar-refractivity contribution < 1.29 is 4.39 Å². The molecule has 3 heteroatoms. The summed E-state index contributed by atoms with van der Waals surface area (Å²) in [7, 11) is 0. The Morgan fingerprint density at radius 3 is 2.53 bits per heavy atom. The second kappa shape index (κ2) is 6.22. The molecule has 0 fully saturated rings. The van der Waals surface area contributed by atoms with Gasteiger partial charge in [-0.25, -0.2) is 4.39 Å². The van der Waals surface area contributed by atoms with E-state index in [1.165, 1.54) is 17.2 Å². The van der Waals surface area contributed by atoms with Gasteiger partial charge in [0.15, 0.2) is 0 Å². The van der Waals surface area contributed by atoms with Crippen LogP contribution in [0, 0.1) is 12.7 Å². The lowest BCUT2D eigenvalue weighted by Gasteiger charge is -2.10. The van der Waals surface area contributed by atoms with Crippen molar-refractivity contribution in [1.29, 1.82) is 0 Å². The smallest absolute Gasteiger partial charge is 0.124 e. The Hall–Kier alpha value is -1.32. The van der Waals surface area contributed by atoms with Gasteiger partial charge >= 0.3 is 0 Å². The lowest BCUT2D eigenvalue weighted by Crippen LogP contribution is -2.18. The van der Waals surface area contributed by atoms with Gasteiger partial charge in [0.05, 0.1) is 0 Å². The molecule has 0 aliphatic carbocycles. The maximum absolute atomic E-state index is 13.1. The molecule has 1 atom stereocenters. The monoisotopic (exact) mass is 275 g/mol. The van der Waals surface area contributed by atoms with E-state index in [1.54, 1.807) is 23.9 Å². The van der Waals surface area contributed by atoms with Crippen LogP contribution in [0.4, 0.5) is 4.39 Å². The second-order valence-electron chi connectivity index (χ2n) is 4.83. The molecule has 2 aromatic carbocycles. The molecule has 1 nitrogen and oxygen atoms in total. The zero-order valence-electron chi connectivity index (χ0n) is 11.2. The van der Waals surface area contributed by atoms with Crippen molar-refractivity contribution in [2.45, 2.75) is 36.1 Å². The molecule has 0 amide bonds. The van der Waals surface area contributed by atoms with Crippen LogP contribution < -0.4 is 5.73 Å². The first-order valence-electron chi connectivity index (χ1n) is 6.33. The largest absolute Gasteiger partial charge is 0.328 e. The van der Waals surface area contributed by atoms with Crippen LogP contribution >= 0.6 is 11.8 Å². The van der Waals surface area contributed by atoms with Crippen LogP contribution in [0.3, 0.4) is 0 Å². The predicted octanol–water partition coefficient (Wildman–Crippen LogP) is 4.18. The summed E-state index contributed by atoms with van der Waals surface area (Å²) in [5, 5.41) is 0. The normalized spacial score (nSPS) is 12.4. The van der Waals surface area contributed by atoms with Gasteiger partial charge in [0.1, 0.15) is 5.82 Å². The van der Waals surface area contributed by atoms with Gasteiger partial charge in [-0.1, -0.05) is 23.9 Å². The first-order chi connectivity index (χ1) is 9.04. The number of rotatable bonds is 4. The van der Waals surface area contributed by atoms with Crippen LogP contribution in [0.15, 0.2) is 52.3 Å². The molecule has 1 unspecified atom stereocenters. The van der Waals surface area contributed by atoms with Crippen LogP contribution in [-0.2, 0) is 6.42 Å². The zero-order valence-corrected chi connectivity index (χ0v) is 12.0. The first-order valence-corrected chi connectivity index (χ1v) is 7.15. The van der Waals surface area contributed by atoms with Crippen LogP contribution in [0.2, 0.25) is 0 Å². The first kappa shape index (κ1) is 14.1. The summed E-state index contributed by atoms with van der Waals surface area (Å²) < 4.78 is 13.1. The van der Waals surface area contributed by atoms with Gasteiger partial charge in [0.2, 0.25) is 0 Å². The van der Waals surface area contributed by atoms with E-state index < -0.39 is 0 Å². The second-order valence-corrected chi connectivity index (χ2v) is 5.98. The molecule has 0 heterocycles. The summed E-state index contributed by atoms with van der Waals surface area (Å²) in [5.41, 5.74) is 8.34. The molecular formula is C16H18FNS. The fraction of sp³-hybridized carbons (Fsp3) is 0.250. The Bertz CT molecular complexity index is 566. The van der Waals surface area contributed by atoms with Crippen LogP contribution in [0.1, 0.15) is 18.1 Å². The van der Waals surface area contributed by atoms with Crippen molar-refractivity contribution >= 4 is 11.8 Å². The van der Waals surface area contributed by atoms with Crippen LogP contribution in [0.25, 0.3) is 0 Å². The molecular weight excluding hydrogens is 257 g/mol. The SMILES string of the molecule is Cc1cc(Sc2cccc(F)c2)ccc1CC(C)N. The van der Waals surface area contributed by atoms with Gasteiger partial charge in [0.25, 0.3) is 0 Å². The Labute approximate surface area is 118 Å². The quantitative estimate of drug-likeness (QED) is 0.906. The number of hydrogen-bond acceptors (Lipinski definition) is 2. The molecule has 19 heavy (non-hydrogen) atoms. The summed E-state index contributed by atoms with van der Waals surface area (Å²) in [6.07, 6.45) is 0.886. The van der Waals surface area contributed by atoms with E-state index in [4.69, 9.17) is 5.73 Å². The lowest BCUT2D eigenvalue weighted by molar-refractivity contribution is 0.624. The fourth-order valence-electron chi connectivity index (χ4n) is 1.97. The molecule has 2 rings (SSSR count). The maximum atomic E-state index is 13.1. The van der Waals surface area contributed by atoms with Gasteiger partial charge < -0.3 is 5.73 Å². The summed E-state index contributed by atoms with van der Waals surface area (Å²) in [5.74, 6) is -0.199. The van der Waals surface area contributed by atoms with E-state index in [0.29, 0.717) is 0 Å². The van der Waals surface area contributed by atoms with Gasteiger partial charge in [0, 0.05) is 15.8 Å². The fourth-order valence-corrected chi connectivity index (χ4v) is 2.94. The highest BCUT2D eigenvalue weighted by Crippen LogP contribution is 2.29. The summed E-state index contributed by atoms with van der Waals surface area (Å²) >= 11 is 1.57. The topological polar surface area (TPSA) is 26.0 Å². The minimum absolute atomic E-state index is 0.167. The summed E-state index contributed by atoms with van der Waals surface area (Å²) in [4.78, 5) is 2.04. The number of hydrogen-bond donors (Lipinski definition) is 1. The van der Waals surface area contributed by atoms with Gasteiger partial charge in [-0.2, -0.15) is 0 Å². The van der Waals surface area contributed by atoms with Crippen molar-refractivity contribution in [3.05, 3.63) is 59.4 Å². The van der Waals surface area contributed by atoms with E-state index in [-0.39, 0.29) is 11.9 Å². The summed E-state index contributed by atoms with van der Waals surface area (Å²) in [6, 6.07) is 13.1. The minimum Gasteiger partial charge on any atom is -0.328 e. The highest BCUT2D eigenvalue weighted by molar-refractivity contribution is 7.99. The Kier molecular flexibility index (Phi) is 4.61. The van der Waals surface area contributed by atoms with Gasteiger partial charge in [-0.15, -0.1) is 0 Å². The van der Waals surface area contributed by atoms with Crippen molar-refractivity contribution in [2.75, 3.05) is 0 Å². The molecule has 100 valence electrons. The van der Waals surface area contributed by atoms with Crippen molar-refractivity contribution in [1.82, 2.24) is 0 Å². The van der Waals surface area contributed by atoms with Crippen molar-refractivity contribution in [2.24, 2.45) is 5.73 Å². The standard InChI is InChI=1S/C16H18FNS/c1-11-8-16(7-6-13(11)9-12(2)18)19-15-5-3-4-14(17)10-15/h3-8,10,12H,9,18H2,1-2H3. The lowest BCUT2D eigenvalue weighted by atomic mass is 10.0. The number of aryl methyl sites for hydroxylation is 1. The molecule has 0 saturated carbocycles. The van der Waals surface area contributed by atoms with E-state index in [9.17, 15) is 4.39 Å². The highest BCUT2D eigenvalue weighted by Gasteiger charge is 2.04. The van der Waals surface area contributed by atoms with E-state index >= 15 is 0 Å². The molecule has 0 aromatic heterocycles. The third kappa shape index (κ3) is 4.08. The molecule has 0 bridgehead atoms. The van der Waals surface area contributed by atoms with E-state index in [0.717, 1.165) is 16.2 Å². The van der Waals surface area contributed by atoms with Gasteiger partial charge in [-0.3, -0.25) is 0 Å². The van der Waals surface area contributed by atoms with E-state index in [1.807, 2.05) is 13.0 Å². The van der Waals surface area contributed by atoms with Crippen molar-refractivity contribution in [3.63, 3.8) is 0 Å². The number of halogens is 1. The third-order valence-corrected chi connectivity index (χ3v) is 3.87. The number of benzene rings is 2. The number of nitrogens with two attached hydrogens (primary N) is 1. The molecule has 0 spiro atoms. The summed E-state index contributed by atoms with van der Waals surface area (Å²) in [6.45, 7) is 4.10. The van der Waals surface area contributed by atoms with Crippen LogP contribution in [-0.4, -0.2) is 6.04 Å². The molecule has 2 N–H and O–H groups in total. The average molecular weight is 275 g/mol. The van der Waals surface area contributed by atoms with Gasteiger partial charge in [-0.05, 0) is 61.7 Å².